The molecule has 6 heteroatoms. The number of nitrogens with zero attached hydrogens (tertiary/aromatic N) is 1. The number of aliphatic imine (C=N–C) groups is 1. The zero-order valence-corrected chi connectivity index (χ0v) is 15.5. The average molecular weight is 358 g/mol. The molecule has 2 aliphatic heterocycles. The maximum absolute atomic E-state index is 6.31. The van der Waals surface area contributed by atoms with Crippen molar-refractivity contribution in [2.45, 2.75) is 63.7 Å². The van der Waals surface area contributed by atoms with Crippen LogP contribution in [-0.4, -0.2) is 37.2 Å². The third-order valence-electron chi connectivity index (χ3n) is 6.39. The van der Waals surface area contributed by atoms with Gasteiger partial charge < -0.3 is 15.8 Å². The summed E-state index contributed by atoms with van der Waals surface area (Å²) in [6.07, 6.45) is 6.64. The first-order valence-electron chi connectivity index (χ1n) is 9.78. The zero-order valence-electron chi connectivity index (χ0n) is 15.5. The molecule has 1 aliphatic carbocycles. The van der Waals surface area contributed by atoms with E-state index in [4.69, 9.17) is 26.2 Å². The van der Waals surface area contributed by atoms with Gasteiger partial charge in [0.2, 0.25) is 0 Å². The molecule has 4 rings (SSSR count). The lowest BCUT2D eigenvalue weighted by molar-refractivity contribution is -0.0238. The minimum Gasteiger partial charge on any atom is -0.487 e. The molecular formula is C20H30N4O2. The van der Waals surface area contributed by atoms with Crippen molar-refractivity contribution in [3.05, 3.63) is 29.3 Å². The number of hydrogen-bond acceptors (Lipinski definition) is 5. The van der Waals surface area contributed by atoms with E-state index in [0.29, 0.717) is 17.3 Å². The molecule has 6 nitrogen and oxygen atoms in total. The van der Waals surface area contributed by atoms with Crippen LogP contribution in [0.15, 0.2) is 23.2 Å². The topological polar surface area (TPSA) is 94.9 Å². The molecule has 142 valence electrons. The number of ether oxygens (including phenoxy) is 1. The van der Waals surface area contributed by atoms with Gasteiger partial charge in [0.25, 0.3) is 0 Å². The van der Waals surface area contributed by atoms with Gasteiger partial charge in [-0.3, -0.25) is 9.83 Å². The standard InChI is InChI=1S/C20H30N4O2/c1-13(26-22)17-4-2-14-10-15(3-5-18(14)25-17)19(21)24-16-11-20(12-16)6-8-23-9-7-20/h3,5,10,13,16-17,23H,2,4,6-9,11-12,22H2,1H3,(H2,21,24). The van der Waals surface area contributed by atoms with Crippen LogP contribution in [0.25, 0.3) is 0 Å². The van der Waals surface area contributed by atoms with Crippen LogP contribution in [0.3, 0.4) is 0 Å². The highest BCUT2D eigenvalue weighted by Gasteiger charge is 2.44. The molecule has 1 aromatic rings. The molecule has 0 aromatic heterocycles. The van der Waals surface area contributed by atoms with Gasteiger partial charge in [-0.05, 0) is 87.7 Å². The molecule has 1 spiro atoms. The predicted molar refractivity (Wildman–Crippen MR) is 102 cm³/mol. The van der Waals surface area contributed by atoms with Crippen molar-refractivity contribution in [3.63, 3.8) is 0 Å². The molecule has 1 aromatic carbocycles. The van der Waals surface area contributed by atoms with E-state index in [-0.39, 0.29) is 12.2 Å². The van der Waals surface area contributed by atoms with Crippen LogP contribution >= 0.6 is 0 Å². The molecule has 1 saturated heterocycles. The maximum atomic E-state index is 6.31. The van der Waals surface area contributed by atoms with E-state index < -0.39 is 0 Å². The van der Waals surface area contributed by atoms with E-state index >= 15 is 0 Å². The normalized spacial score (nSPS) is 26.7. The van der Waals surface area contributed by atoms with Crippen LogP contribution in [0.4, 0.5) is 0 Å². The second-order valence-corrected chi connectivity index (χ2v) is 8.19. The summed E-state index contributed by atoms with van der Waals surface area (Å²) in [4.78, 5) is 9.71. The van der Waals surface area contributed by atoms with Gasteiger partial charge in [0.1, 0.15) is 23.8 Å². The molecule has 5 N–H and O–H groups in total. The van der Waals surface area contributed by atoms with Gasteiger partial charge >= 0.3 is 0 Å². The molecule has 26 heavy (non-hydrogen) atoms. The second-order valence-electron chi connectivity index (χ2n) is 8.19. The third kappa shape index (κ3) is 3.46. The van der Waals surface area contributed by atoms with E-state index in [0.717, 1.165) is 37.2 Å². The van der Waals surface area contributed by atoms with E-state index in [1.807, 2.05) is 19.1 Å². The minimum atomic E-state index is -0.115. The van der Waals surface area contributed by atoms with Gasteiger partial charge in [-0.25, -0.2) is 5.90 Å². The van der Waals surface area contributed by atoms with Crippen LogP contribution < -0.4 is 21.7 Å². The van der Waals surface area contributed by atoms with Gasteiger partial charge in [-0.2, -0.15) is 0 Å². The van der Waals surface area contributed by atoms with Crippen molar-refractivity contribution in [1.29, 1.82) is 0 Å². The Balaban J connectivity index is 1.41. The number of amidine groups is 1. The van der Waals surface area contributed by atoms with E-state index in [1.165, 1.54) is 31.2 Å². The molecule has 2 heterocycles. The van der Waals surface area contributed by atoms with Crippen molar-refractivity contribution in [2.24, 2.45) is 22.0 Å². The third-order valence-corrected chi connectivity index (χ3v) is 6.39. The smallest absolute Gasteiger partial charge is 0.127 e. The zero-order chi connectivity index (χ0) is 18.1. The number of aryl methyl sites for hydroxylation is 1. The van der Waals surface area contributed by atoms with Crippen molar-refractivity contribution in [3.8, 4) is 5.75 Å². The summed E-state index contributed by atoms with van der Waals surface area (Å²) in [6.45, 7) is 4.22. The van der Waals surface area contributed by atoms with E-state index in [9.17, 15) is 0 Å². The number of hydrogen-bond donors (Lipinski definition) is 3. The number of nitrogens with two attached hydrogens (primary N) is 2. The fraction of sp³-hybridized carbons (Fsp3) is 0.650. The summed E-state index contributed by atoms with van der Waals surface area (Å²) in [7, 11) is 0. The first kappa shape index (κ1) is 17.8. The SMILES string of the molecule is CC(ON)C1CCc2cc(C(N)=NC3CC4(CCNCC4)C3)ccc2O1. The van der Waals surface area contributed by atoms with Crippen LogP contribution in [0.5, 0.6) is 5.75 Å². The highest BCUT2D eigenvalue weighted by Crippen LogP contribution is 2.49. The Morgan fingerprint density at radius 3 is 2.85 bits per heavy atom. The molecule has 2 unspecified atom stereocenters. The lowest BCUT2D eigenvalue weighted by Gasteiger charge is -2.49. The predicted octanol–water partition coefficient (Wildman–Crippen LogP) is 1.90. The number of rotatable bonds is 4. The molecule has 3 aliphatic rings. The van der Waals surface area contributed by atoms with Gasteiger partial charge in [-0.1, -0.05) is 0 Å². The molecule has 0 amide bonds. The molecular weight excluding hydrogens is 328 g/mol. The second kappa shape index (κ2) is 7.18. The molecule has 2 fully saturated rings. The molecule has 1 saturated carbocycles. The molecule has 0 bridgehead atoms. The lowest BCUT2D eigenvalue weighted by atomic mass is 9.61. The van der Waals surface area contributed by atoms with Crippen LogP contribution in [0.1, 0.15) is 50.2 Å². The Hall–Kier alpha value is -1.63. The van der Waals surface area contributed by atoms with Crippen LogP contribution in [0.2, 0.25) is 0 Å². The van der Waals surface area contributed by atoms with Crippen molar-refractivity contribution < 1.29 is 9.57 Å². The Kier molecular flexibility index (Phi) is 4.90. The Bertz CT molecular complexity index is 676. The fourth-order valence-electron chi connectivity index (χ4n) is 4.65. The summed E-state index contributed by atoms with van der Waals surface area (Å²) < 4.78 is 6.02. The quantitative estimate of drug-likeness (QED) is 0.434. The summed E-state index contributed by atoms with van der Waals surface area (Å²) in [5, 5.41) is 3.45. The Morgan fingerprint density at radius 1 is 1.35 bits per heavy atom. The summed E-state index contributed by atoms with van der Waals surface area (Å²) in [5.74, 6) is 6.84. The van der Waals surface area contributed by atoms with Crippen LogP contribution in [0, 0.1) is 5.41 Å². The van der Waals surface area contributed by atoms with E-state index in [2.05, 4.69) is 11.4 Å². The van der Waals surface area contributed by atoms with Gasteiger partial charge in [0, 0.05) is 5.56 Å². The van der Waals surface area contributed by atoms with Crippen molar-refractivity contribution in [2.75, 3.05) is 13.1 Å². The minimum absolute atomic E-state index is 0.000475. The molecule has 2 atom stereocenters. The Morgan fingerprint density at radius 2 is 2.12 bits per heavy atom. The Labute approximate surface area is 155 Å². The van der Waals surface area contributed by atoms with Gasteiger partial charge in [0.15, 0.2) is 0 Å². The first-order valence-corrected chi connectivity index (χ1v) is 9.78. The highest BCUT2D eigenvalue weighted by atomic mass is 16.6. The fourth-order valence-corrected chi connectivity index (χ4v) is 4.65. The average Bonchev–Trinajstić information content (AvgIpc) is 2.66. The monoisotopic (exact) mass is 358 g/mol. The number of benzene rings is 1. The van der Waals surface area contributed by atoms with Crippen molar-refractivity contribution >= 4 is 5.84 Å². The summed E-state index contributed by atoms with van der Waals surface area (Å²) in [5.41, 5.74) is 9.03. The first-order chi connectivity index (χ1) is 12.6. The van der Waals surface area contributed by atoms with E-state index in [1.54, 1.807) is 0 Å². The lowest BCUT2D eigenvalue weighted by Crippen LogP contribution is -2.47. The van der Waals surface area contributed by atoms with Gasteiger partial charge in [-0.15, -0.1) is 0 Å². The summed E-state index contributed by atoms with van der Waals surface area (Å²) >= 11 is 0. The maximum Gasteiger partial charge on any atom is 0.127 e. The number of fused-ring (bicyclic) bond motifs is 1. The number of piperidine rings is 1. The van der Waals surface area contributed by atoms with Crippen LogP contribution in [-0.2, 0) is 11.3 Å². The van der Waals surface area contributed by atoms with Crippen molar-refractivity contribution in [1.82, 2.24) is 5.32 Å². The number of nitrogens with one attached hydrogen (secondary N) is 1. The van der Waals surface area contributed by atoms with Gasteiger partial charge in [0.05, 0.1) is 6.04 Å². The largest absolute Gasteiger partial charge is 0.487 e. The summed E-state index contributed by atoms with van der Waals surface area (Å²) in [6, 6.07) is 6.51. The molecule has 0 radical (unpaired) electrons. The highest BCUT2D eigenvalue weighted by molar-refractivity contribution is 5.98.